The maximum absolute atomic E-state index is 13.2. The molecule has 4 rings (SSSR count). The highest BCUT2D eigenvalue weighted by molar-refractivity contribution is 5.49. The number of nitrogens with one attached hydrogen (secondary N) is 2. The molecule has 1 aromatic carbocycles. The van der Waals surface area contributed by atoms with Gasteiger partial charge in [-0.25, -0.2) is 9.97 Å². The highest BCUT2D eigenvalue weighted by atomic mass is 19.4. The Morgan fingerprint density at radius 1 is 1.19 bits per heavy atom. The third kappa shape index (κ3) is 6.54. The molecule has 2 aliphatic heterocycles. The van der Waals surface area contributed by atoms with E-state index >= 15 is 0 Å². The number of rotatable bonds is 8. The number of allylic oxidation sites excluding steroid dienone is 1. The van der Waals surface area contributed by atoms with Crippen LogP contribution in [0.15, 0.2) is 36.5 Å². The number of hydrogen-bond donors (Lipinski definition) is 2. The number of benzene rings is 1. The maximum Gasteiger partial charge on any atom is 0.416 e. The second kappa shape index (κ2) is 10.7. The van der Waals surface area contributed by atoms with E-state index in [-0.39, 0.29) is 12.1 Å². The van der Waals surface area contributed by atoms with Gasteiger partial charge >= 0.3 is 6.18 Å². The largest absolute Gasteiger partial charge is 0.416 e. The van der Waals surface area contributed by atoms with Crippen molar-refractivity contribution in [1.82, 2.24) is 20.2 Å². The maximum atomic E-state index is 13.2. The van der Waals surface area contributed by atoms with E-state index < -0.39 is 18.0 Å². The van der Waals surface area contributed by atoms with Crippen molar-refractivity contribution in [3.05, 3.63) is 64.8 Å². The number of piperidine rings is 1. The molecule has 3 heterocycles. The summed E-state index contributed by atoms with van der Waals surface area (Å²) < 4.78 is 51.0. The van der Waals surface area contributed by atoms with E-state index in [0.29, 0.717) is 42.4 Å². The molecule has 0 atom stereocenters. The Morgan fingerprint density at radius 3 is 2.56 bits per heavy atom. The molecule has 0 saturated carbocycles. The fourth-order valence-electron chi connectivity index (χ4n) is 4.64. The van der Waals surface area contributed by atoms with Crippen LogP contribution in [0.3, 0.4) is 0 Å². The van der Waals surface area contributed by atoms with E-state index in [4.69, 9.17) is 9.47 Å². The van der Waals surface area contributed by atoms with Crippen LogP contribution in [-0.2, 0) is 28.6 Å². The lowest BCUT2D eigenvalue weighted by Gasteiger charge is -2.40. The zero-order valence-corrected chi connectivity index (χ0v) is 21.0. The number of halogens is 3. The third-order valence-electron chi connectivity index (χ3n) is 6.66. The predicted octanol–water partition coefficient (Wildman–Crippen LogP) is 4.59. The van der Waals surface area contributed by atoms with Gasteiger partial charge in [0.25, 0.3) is 0 Å². The van der Waals surface area contributed by atoms with Gasteiger partial charge in [-0.05, 0) is 51.4 Å². The lowest BCUT2D eigenvalue weighted by molar-refractivity contribution is -0.137. The number of ether oxygens (including phenoxy) is 2. The molecule has 0 unspecified atom stereocenters. The van der Waals surface area contributed by atoms with Crippen LogP contribution in [0.25, 0.3) is 0 Å². The summed E-state index contributed by atoms with van der Waals surface area (Å²) in [5.41, 5.74) is 1.97. The monoisotopic (exact) mass is 505 g/mol. The lowest BCUT2D eigenvalue weighted by Crippen LogP contribution is -2.50. The highest BCUT2D eigenvalue weighted by Crippen LogP contribution is 2.33. The second-order valence-corrected chi connectivity index (χ2v) is 9.87. The molecule has 196 valence electrons. The fourth-order valence-corrected chi connectivity index (χ4v) is 4.64. The minimum absolute atomic E-state index is 0.0449. The second-order valence-electron chi connectivity index (χ2n) is 9.87. The summed E-state index contributed by atoms with van der Waals surface area (Å²) in [6.45, 7) is 11.3. The average Bonchev–Trinajstić information content (AvgIpc) is 3.33. The van der Waals surface area contributed by atoms with Crippen LogP contribution < -0.4 is 10.6 Å². The zero-order chi connectivity index (χ0) is 25.9. The van der Waals surface area contributed by atoms with Gasteiger partial charge in [-0.2, -0.15) is 13.2 Å². The molecule has 2 saturated heterocycles. The van der Waals surface area contributed by atoms with E-state index in [1.807, 2.05) is 0 Å². The molecule has 10 heteroatoms. The predicted molar refractivity (Wildman–Crippen MR) is 131 cm³/mol. The highest BCUT2D eigenvalue weighted by Gasteiger charge is 2.32. The molecule has 0 spiro atoms. The summed E-state index contributed by atoms with van der Waals surface area (Å²) in [7, 11) is 2.12. The molecule has 0 aliphatic carbocycles. The molecule has 0 bridgehead atoms. The van der Waals surface area contributed by atoms with E-state index in [9.17, 15) is 13.2 Å². The molecule has 2 N–H and O–H groups in total. The van der Waals surface area contributed by atoms with E-state index in [0.717, 1.165) is 49.5 Å². The van der Waals surface area contributed by atoms with Gasteiger partial charge in [-0.3, -0.25) is 0 Å². The summed E-state index contributed by atoms with van der Waals surface area (Å²) in [5.74, 6) is 1.02. The van der Waals surface area contributed by atoms with Crippen LogP contribution in [0.4, 0.5) is 19.0 Å². The van der Waals surface area contributed by atoms with Gasteiger partial charge < -0.3 is 25.0 Å². The standard InChI is InChI=1S/C26H34F3N5O2/c1-17(33-25(3)8-10-34(4)11-9-25)14-21-22(24-35-12-13-36-24)23(32-18(2)31-21)30-16-19-6-5-7-20(15-19)26(27,28)29/h5-7,15,24,33H,1,8-14,16H2,2-4H3,(H,30,31,32). The van der Waals surface area contributed by atoms with Crippen LogP contribution in [0, 0.1) is 6.92 Å². The first-order valence-electron chi connectivity index (χ1n) is 12.2. The molecule has 2 aliphatic rings. The minimum atomic E-state index is -4.40. The van der Waals surface area contributed by atoms with E-state index in [2.05, 4.69) is 46.1 Å². The van der Waals surface area contributed by atoms with Crippen molar-refractivity contribution in [3.63, 3.8) is 0 Å². The SMILES string of the molecule is C=C(Cc1nc(C)nc(NCc2cccc(C(F)(F)F)c2)c1C1OCCO1)NC1(C)CCN(C)CC1. The molecule has 0 amide bonds. The zero-order valence-electron chi connectivity index (χ0n) is 21.0. The number of alkyl halides is 3. The van der Waals surface area contributed by atoms with Gasteiger partial charge in [0.2, 0.25) is 0 Å². The third-order valence-corrected chi connectivity index (χ3v) is 6.66. The average molecular weight is 506 g/mol. The number of likely N-dealkylation sites (tertiary alicyclic amines) is 1. The molecule has 0 radical (unpaired) electrons. The van der Waals surface area contributed by atoms with Crippen LogP contribution >= 0.6 is 0 Å². The molecule has 36 heavy (non-hydrogen) atoms. The smallest absolute Gasteiger partial charge is 0.383 e. The quantitative estimate of drug-likeness (QED) is 0.544. The summed E-state index contributed by atoms with van der Waals surface area (Å²) in [4.78, 5) is 11.5. The van der Waals surface area contributed by atoms with Crippen LogP contribution in [0.2, 0.25) is 0 Å². The van der Waals surface area contributed by atoms with Gasteiger partial charge in [0, 0.05) is 37.3 Å². The van der Waals surface area contributed by atoms with Crippen molar-refractivity contribution in [2.45, 2.75) is 57.7 Å². The number of aromatic nitrogens is 2. The van der Waals surface area contributed by atoms with Gasteiger partial charge in [0.15, 0.2) is 6.29 Å². The fraction of sp³-hybridized carbons (Fsp3) is 0.538. The Bertz CT molecular complexity index is 1080. The lowest BCUT2D eigenvalue weighted by atomic mass is 9.89. The Labute approximate surface area is 210 Å². The Kier molecular flexibility index (Phi) is 7.87. The first kappa shape index (κ1) is 26.4. The van der Waals surface area contributed by atoms with E-state index in [1.165, 1.54) is 6.07 Å². The molecule has 7 nitrogen and oxygen atoms in total. The molecular formula is C26H34F3N5O2. The number of anilines is 1. The van der Waals surface area contributed by atoms with Crippen molar-refractivity contribution >= 4 is 5.82 Å². The van der Waals surface area contributed by atoms with Crippen LogP contribution in [-0.4, -0.2) is 53.8 Å². The molecule has 1 aromatic heterocycles. The van der Waals surface area contributed by atoms with Gasteiger partial charge in [0.1, 0.15) is 11.6 Å². The van der Waals surface area contributed by atoms with Crippen molar-refractivity contribution in [2.24, 2.45) is 0 Å². The number of hydrogen-bond acceptors (Lipinski definition) is 7. The summed E-state index contributed by atoms with van der Waals surface area (Å²) in [5, 5.41) is 6.81. The van der Waals surface area contributed by atoms with Gasteiger partial charge in [-0.1, -0.05) is 18.7 Å². The van der Waals surface area contributed by atoms with Gasteiger partial charge in [-0.15, -0.1) is 0 Å². The van der Waals surface area contributed by atoms with Gasteiger partial charge in [0.05, 0.1) is 30.0 Å². The first-order valence-corrected chi connectivity index (χ1v) is 12.2. The Morgan fingerprint density at radius 2 is 1.89 bits per heavy atom. The van der Waals surface area contributed by atoms with Crippen LogP contribution in [0.1, 0.15) is 54.3 Å². The normalized spacial score (nSPS) is 18.8. The Balaban J connectivity index is 1.56. The van der Waals surface area contributed by atoms with E-state index in [1.54, 1.807) is 13.0 Å². The minimum Gasteiger partial charge on any atom is -0.383 e. The van der Waals surface area contributed by atoms with Crippen LogP contribution in [0.5, 0.6) is 0 Å². The van der Waals surface area contributed by atoms with Crippen molar-refractivity contribution in [1.29, 1.82) is 0 Å². The molecule has 2 fully saturated rings. The number of nitrogens with zero attached hydrogens (tertiary/aromatic N) is 3. The molecular weight excluding hydrogens is 471 g/mol. The van der Waals surface area contributed by atoms with Crippen molar-refractivity contribution in [3.8, 4) is 0 Å². The first-order chi connectivity index (χ1) is 17.0. The topological polar surface area (TPSA) is 71.5 Å². The number of aryl methyl sites for hydroxylation is 1. The van der Waals surface area contributed by atoms with Crippen molar-refractivity contribution < 1.29 is 22.6 Å². The van der Waals surface area contributed by atoms with Crippen molar-refractivity contribution in [2.75, 3.05) is 38.7 Å². The summed E-state index contributed by atoms with van der Waals surface area (Å²) >= 11 is 0. The summed E-state index contributed by atoms with van der Waals surface area (Å²) in [6, 6.07) is 5.25. The summed E-state index contributed by atoms with van der Waals surface area (Å²) in [6.07, 6.45) is -2.58. The Hall–Kier alpha value is -2.69. The molecule has 2 aromatic rings.